The lowest BCUT2D eigenvalue weighted by Gasteiger charge is -2.33. The molecule has 2 heterocycles. The van der Waals surface area contributed by atoms with E-state index in [1.165, 1.54) is 0 Å². The maximum Gasteiger partial charge on any atom is 0.169 e. The van der Waals surface area contributed by atoms with Crippen LogP contribution in [0.15, 0.2) is 36.8 Å². The lowest BCUT2D eigenvalue weighted by Crippen LogP contribution is -2.37. The number of nitrogens with zero attached hydrogens (tertiary/aromatic N) is 2. The fourth-order valence-electron chi connectivity index (χ4n) is 2.28. The van der Waals surface area contributed by atoms with Gasteiger partial charge < -0.3 is 4.90 Å². The fraction of sp³-hybridized carbons (Fsp3) is 0.429. The molecule has 1 unspecified atom stereocenters. The van der Waals surface area contributed by atoms with Crippen molar-refractivity contribution < 1.29 is 4.79 Å². The highest BCUT2D eigenvalue weighted by atomic mass is 16.1. The molecule has 0 bridgehead atoms. The standard InChI is InChI=1S/C14H18N2O/c1-11(2)16-8-4-6-13(10-16)14(17)12-5-3-7-15-9-12/h3,5,7,9,13H,1,4,6,8,10H2,2H3. The zero-order valence-electron chi connectivity index (χ0n) is 10.2. The molecule has 1 atom stereocenters. The van der Waals surface area contributed by atoms with Crippen LogP contribution < -0.4 is 0 Å². The number of Topliss-reactive ketones (excluding diaryl/α,β-unsaturated/α-hetero) is 1. The van der Waals surface area contributed by atoms with Gasteiger partial charge in [0, 0.05) is 42.7 Å². The van der Waals surface area contributed by atoms with Crippen molar-refractivity contribution in [2.45, 2.75) is 19.8 Å². The zero-order valence-corrected chi connectivity index (χ0v) is 10.2. The molecule has 17 heavy (non-hydrogen) atoms. The van der Waals surface area contributed by atoms with Crippen molar-refractivity contribution in [1.82, 2.24) is 9.88 Å². The van der Waals surface area contributed by atoms with Gasteiger partial charge >= 0.3 is 0 Å². The van der Waals surface area contributed by atoms with Gasteiger partial charge in [0.25, 0.3) is 0 Å². The van der Waals surface area contributed by atoms with Crippen LogP contribution >= 0.6 is 0 Å². The maximum absolute atomic E-state index is 12.3. The average Bonchev–Trinajstić information content (AvgIpc) is 2.39. The normalized spacial score (nSPS) is 20.1. The fourth-order valence-corrected chi connectivity index (χ4v) is 2.28. The number of carbonyl (C=O) groups is 1. The van der Waals surface area contributed by atoms with E-state index in [1.807, 2.05) is 19.1 Å². The van der Waals surface area contributed by atoms with Crippen LogP contribution in [0.4, 0.5) is 0 Å². The number of piperidine rings is 1. The molecule has 0 aliphatic carbocycles. The number of ketones is 1. The van der Waals surface area contributed by atoms with Crippen LogP contribution in [0.3, 0.4) is 0 Å². The van der Waals surface area contributed by atoms with Crippen molar-refractivity contribution in [2.75, 3.05) is 13.1 Å². The predicted molar refractivity (Wildman–Crippen MR) is 67.7 cm³/mol. The van der Waals surface area contributed by atoms with Crippen molar-refractivity contribution >= 4 is 5.78 Å². The Labute approximate surface area is 102 Å². The van der Waals surface area contributed by atoms with Gasteiger partial charge in [0.05, 0.1) is 0 Å². The minimum atomic E-state index is 0.0876. The molecule has 0 saturated carbocycles. The van der Waals surface area contributed by atoms with Gasteiger partial charge in [-0.1, -0.05) is 6.58 Å². The van der Waals surface area contributed by atoms with Gasteiger partial charge in [-0.3, -0.25) is 9.78 Å². The molecule has 3 heteroatoms. The predicted octanol–water partition coefficient (Wildman–Crippen LogP) is 2.51. The number of aromatic nitrogens is 1. The van der Waals surface area contributed by atoms with Crippen molar-refractivity contribution in [2.24, 2.45) is 5.92 Å². The second kappa shape index (κ2) is 5.13. The maximum atomic E-state index is 12.3. The van der Waals surface area contributed by atoms with Gasteiger partial charge in [0.1, 0.15) is 0 Å². The number of allylic oxidation sites excluding steroid dienone is 1. The van der Waals surface area contributed by atoms with Crippen molar-refractivity contribution in [3.8, 4) is 0 Å². The molecule has 1 aromatic rings. The minimum Gasteiger partial charge on any atom is -0.375 e. The van der Waals surface area contributed by atoms with E-state index in [1.54, 1.807) is 12.4 Å². The van der Waals surface area contributed by atoms with Crippen LogP contribution in [0.25, 0.3) is 0 Å². The highest BCUT2D eigenvalue weighted by molar-refractivity contribution is 5.97. The Balaban J connectivity index is 2.07. The molecule has 1 saturated heterocycles. The van der Waals surface area contributed by atoms with E-state index in [4.69, 9.17) is 0 Å². The second-order valence-corrected chi connectivity index (χ2v) is 4.63. The Hall–Kier alpha value is -1.64. The molecule has 0 radical (unpaired) electrons. The molecular formula is C14H18N2O. The van der Waals surface area contributed by atoms with Crippen LogP contribution in [-0.2, 0) is 0 Å². The lowest BCUT2D eigenvalue weighted by atomic mass is 9.90. The third-order valence-corrected chi connectivity index (χ3v) is 3.28. The third kappa shape index (κ3) is 2.73. The number of likely N-dealkylation sites (tertiary alicyclic amines) is 1. The Kier molecular flexibility index (Phi) is 3.57. The summed E-state index contributed by atoms with van der Waals surface area (Å²) < 4.78 is 0. The zero-order chi connectivity index (χ0) is 12.3. The van der Waals surface area contributed by atoms with Crippen LogP contribution in [0.1, 0.15) is 30.1 Å². The Morgan fingerprint density at radius 1 is 1.59 bits per heavy atom. The molecule has 3 nitrogen and oxygen atoms in total. The van der Waals surface area contributed by atoms with E-state index < -0.39 is 0 Å². The molecular weight excluding hydrogens is 212 g/mol. The number of hydrogen-bond acceptors (Lipinski definition) is 3. The van der Waals surface area contributed by atoms with Gasteiger partial charge in [-0.05, 0) is 31.9 Å². The van der Waals surface area contributed by atoms with E-state index in [2.05, 4.69) is 16.5 Å². The lowest BCUT2D eigenvalue weighted by molar-refractivity contribution is 0.0849. The number of hydrogen-bond donors (Lipinski definition) is 0. The van der Waals surface area contributed by atoms with Crippen LogP contribution in [0, 0.1) is 5.92 Å². The first-order valence-electron chi connectivity index (χ1n) is 6.03. The third-order valence-electron chi connectivity index (χ3n) is 3.28. The Morgan fingerprint density at radius 3 is 3.06 bits per heavy atom. The van der Waals surface area contributed by atoms with E-state index >= 15 is 0 Å². The highest BCUT2D eigenvalue weighted by Gasteiger charge is 2.26. The molecule has 0 N–H and O–H groups in total. The monoisotopic (exact) mass is 230 g/mol. The average molecular weight is 230 g/mol. The van der Waals surface area contributed by atoms with E-state index in [0.717, 1.165) is 37.2 Å². The van der Waals surface area contributed by atoms with Crippen LogP contribution in [0.5, 0.6) is 0 Å². The second-order valence-electron chi connectivity index (χ2n) is 4.63. The van der Waals surface area contributed by atoms with Crippen LogP contribution in [-0.4, -0.2) is 28.8 Å². The summed E-state index contributed by atoms with van der Waals surface area (Å²) in [7, 11) is 0. The van der Waals surface area contributed by atoms with Gasteiger partial charge in [0.15, 0.2) is 5.78 Å². The number of rotatable bonds is 3. The molecule has 0 amide bonds. The molecule has 0 spiro atoms. The molecule has 1 aliphatic rings. The summed E-state index contributed by atoms with van der Waals surface area (Å²) in [4.78, 5) is 18.5. The van der Waals surface area contributed by atoms with Gasteiger partial charge in [0.2, 0.25) is 0 Å². The van der Waals surface area contributed by atoms with Crippen molar-refractivity contribution in [3.05, 3.63) is 42.4 Å². The van der Waals surface area contributed by atoms with Gasteiger partial charge in [-0.2, -0.15) is 0 Å². The SMILES string of the molecule is C=C(C)N1CCCC(C(=O)c2cccnc2)C1. The first-order chi connectivity index (χ1) is 8.18. The Morgan fingerprint density at radius 2 is 2.41 bits per heavy atom. The quantitative estimate of drug-likeness (QED) is 0.748. The first-order valence-corrected chi connectivity index (χ1v) is 6.03. The summed E-state index contributed by atoms with van der Waals surface area (Å²) in [5, 5.41) is 0. The molecule has 1 aliphatic heterocycles. The molecule has 1 aromatic heterocycles. The minimum absolute atomic E-state index is 0.0876. The van der Waals surface area contributed by atoms with Crippen LogP contribution in [0.2, 0.25) is 0 Å². The van der Waals surface area contributed by atoms with Gasteiger partial charge in [-0.25, -0.2) is 0 Å². The summed E-state index contributed by atoms with van der Waals surface area (Å²) in [6.07, 6.45) is 5.38. The number of carbonyl (C=O) groups excluding carboxylic acids is 1. The van der Waals surface area contributed by atoms with Gasteiger partial charge in [-0.15, -0.1) is 0 Å². The molecule has 2 rings (SSSR count). The summed E-state index contributed by atoms with van der Waals surface area (Å²) in [6, 6.07) is 3.65. The number of pyridine rings is 1. The largest absolute Gasteiger partial charge is 0.375 e. The van der Waals surface area contributed by atoms with Crippen molar-refractivity contribution in [3.63, 3.8) is 0 Å². The summed E-state index contributed by atoms with van der Waals surface area (Å²) in [6.45, 7) is 7.76. The van der Waals surface area contributed by atoms with Crippen molar-refractivity contribution in [1.29, 1.82) is 0 Å². The smallest absolute Gasteiger partial charge is 0.169 e. The first kappa shape index (κ1) is 11.8. The summed E-state index contributed by atoms with van der Waals surface area (Å²) in [5.41, 5.74) is 1.77. The molecule has 0 aromatic carbocycles. The van der Waals surface area contributed by atoms with E-state index in [-0.39, 0.29) is 11.7 Å². The topological polar surface area (TPSA) is 33.2 Å². The van der Waals surface area contributed by atoms with E-state index in [0.29, 0.717) is 0 Å². The molecule has 90 valence electrons. The van der Waals surface area contributed by atoms with E-state index in [9.17, 15) is 4.79 Å². The Bertz CT molecular complexity index is 413. The molecule has 1 fully saturated rings. The highest BCUT2D eigenvalue weighted by Crippen LogP contribution is 2.22. The summed E-state index contributed by atoms with van der Waals surface area (Å²) >= 11 is 0. The summed E-state index contributed by atoms with van der Waals surface area (Å²) in [5.74, 6) is 0.300.